The van der Waals surface area contributed by atoms with Gasteiger partial charge >= 0.3 is 5.69 Å². The number of aromatic nitrogens is 4. The number of nitrogens with one attached hydrogen (secondary N) is 1. The summed E-state index contributed by atoms with van der Waals surface area (Å²) in [6.45, 7) is 0.133. The van der Waals surface area contributed by atoms with Crippen molar-refractivity contribution in [3.05, 3.63) is 85.5 Å². The molecule has 0 unspecified atom stereocenters. The summed E-state index contributed by atoms with van der Waals surface area (Å²) in [4.78, 5) is 31.5. The standard InChI is InChI=1S/C22H21BrN4O4S/c1-26-19-18(20(29)25-21(26)30)27(11-16(28)12-31-17-8-3-2-4-9-17)22(24-19)32-13-14-6-5-7-15(23)10-14/h2-10,16,28H,11-13H2,1H3,(H,25,29,30)/t16-/m0/s1. The van der Waals surface area contributed by atoms with E-state index in [1.165, 1.54) is 16.3 Å². The number of rotatable bonds is 8. The zero-order chi connectivity index (χ0) is 22.7. The third-order valence-corrected chi connectivity index (χ3v) is 6.35. The van der Waals surface area contributed by atoms with Crippen LogP contribution in [0, 0.1) is 0 Å². The number of hydrogen-bond acceptors (Lipinski definition) is 6. The molecule has 2 aromatic carbocycles. The van der Waals surface area contributed by atoms with Crippen molar-refractivity contribution < 1.29 is 9.84 Å². The molecule has 0 aliphatic heterocycles. The van der Waals surface area contributed by atoms with E-state index in [-0.39, 0.29) is 24.3 Å². The van der Waals surface area contributed by atoms with Crippen molar-refractivity contribution in [1.82, 2.24) is 19.1 Å². The van der Waals surface area contributed by atoms with Gasteiger partial charge in [-0.3, -0.25) is 14.3 Å². The zero-order valence-corrected chi connectivity index (χ0v) is 19.6. The number of fused-ring (bicyclic) bond motifs is 1. The number of hydrogen-bond donors (Lipinski definition) is 2. The highest BCUT2D eigenvalue weighted by molar-refractivity contribution is 9.10. The average Bonchev–Trinajstić information content (AvgIpc) is 3.14. The van der Waals surface area contributed by atoms with Gasteiger partial charge in [0, 0.05) is 17.3 Å². The third kappa shape index (κ3) is 4.98. The van der Waals surface area contributed by atoms with E-state index in [2.05, 4.69) is 25.9 Å². The number of imidazole rings is 1. The van der Waals surface area contributed by atoms with E-state index >= 15 is 0 Å². The molecular formula is C22H21BrN4O4S. The number of thioether (sulfide) groups is 1. The lowest BCUT2D eigenvalue weighted by molar-refractivity contribution is 0.0914. The number of H-pyrrole nitrogens is 1. The first-order valence-corrected chi connectivity index (χ1v) is 11.6. The second-order valence-corrected chi connectivity index (χ2v) is 9.05. The Kier molecular flexibility index (Phi) is 6.83. The maximum Gasteiger partial charge on any atom is 0.329 e. The number of aliphatic hydroxyl groups excluding tert-OH is 1. The Hall–Kier alpha value is -2.82. The molecule has 0 spiro atoms. The largest absolute Gasteiger partial charge is 0.491 e. The molecule has 32 heavy (non-hydrogen) atoms. The van der Waals surface area contributed by atoms with Crippen LogP contribution in [0.3, 0.4) is 0 Å². The predicted octanol–water partition coefficient (Wildman–Crippen LogP) is 2.92. The van der Waals surface area contributed by atoms with Gasteiger partial charge in [-0.25, -0.2) is 9.78 Å². The van der Waals surface area contributed by atoms with Crippen LogP contribution in [0.25, 0.3) is 11.2 Å². The fourth-order valence-electron chi connectivity index (χ4n) is 3.24. The monoisotopic (exact) mass is 516 g/mol. The number of halogens is 1. The number of aromatic amines is 1. The highest BCUT2D eigenvalue weighted by Crippen LogP contribution is 2.26. The fourth-order valence-corrected chi connectivity index (χ4v) is 4.64. The van der Waals surface area contributed by atoms with Gasteiger partial charge in [0.1, 0.15) is 18.5 Å². The van der Waals surface area contributed by atoms with Gasteiger partial charge in [-0.15, -0.1) is 0 Å². The molecule has 0 radical (unpaired) electrons. The van der Waals surface area contributed by atoms with Crippen LogP contribution in [0.2, 0.25) is 0 Å². The van der Waals surface area contributed by atoms with Crippen molar-refractivity contribution in [1.29, 1.82) is 0 Å². The predicted molar refractivity (Wildman–Crippen MR) is 127 cm³/mol. The lowest BCUT2D eigenvalue weighted by Crippen LogP contribution is -2.30. The van der Waals surface area contributed by atoms with Gasteiger partial charge in [-0.2, -0.15) is 0 Å². The molecule has 10 heteroatoms. The minimum atomic E-state index is -0.894. The van der Waals surface area contributed by atoms with E-state index in [1.807, 2.05) is 42.5 Å². The topological polar surface area (TPSA) is 102 Å². The Morgan fingerprint density at radius 3 is 2.72 bits per heavy atom. The molecule has 1 atom stereocenters. The van der Waals surface area contributed by atoms with Crippen molar-refractivity contribution in [3.8, 4) is 5.75 Å². The van der Waals surface area contributed by atoms with Crippen LogP contribution in [0.15, 0.2) is 73.8 Å². The van der Waals surface area contributed by atoms with E-state index in [1.54, 1.807) is 23.7 Å². The second kappa shape index (κ2) is 9.76. The smallest absolute Gasteiger partial charge is 0.329 e. The van der Waals surface area contributed by atoms with E-state index < -0.39 is 17.4 Å². The van der Waals surface area contributed by atoms with E-state index in [9.17, 15) is 14.7 Å². The molecule has 0 aliphatic rings. The van der Waals surface area contributed by atoms with Gasteiger partial charge in [0.05, 0.1) is 6.54 Å². The second-order valence-electron chi connectivity index (χ2n) is 7.19. The van der Waals surface area contributed by atoms with Crippen LogP contribution in [0.4, 0.5) is 0 Å². The van der Waals surface area contributed by atoms with Crippen molar-refractivity contribution in [2.75, 3.05) is 6.61 Å². The van der Waals surface area contributed by atoms with Crippen molar-refractivity contribution in [2.24, 2.45) is 7.05 Å². The molecule has 166 valence electrons. The molecule has 2 heterocycles. The summed E-state index contributed by atoms with van der Waals surface area (Å²) in [7, 11) is 1.55. The summed E-state index contributed by atoms with van der Waals surface area (Å²) < 4.78 is 9.56. The normalized spacial score (nSPS) is 12.2. The number of aryl methyl sites for hydroxylation is 1. The Bertz CT molecular complexity index is 1350. The van der Waals surface area contributed by atoms with Crippen LogP contribution in [-0.4, -0.2) is 36.9 Å². The van der Waals surface area contributed by atoms with Crippen LogP contribution >= 0.6 is 27.7 Å². The molecule has 4 rings (SSSR count). The Balaban J connectivity index is 1.63. The summed E-state index contributed by atoms with van der Waals surface area (Å²) >= 11 is 4.89. The van der Waals surface area contributed by atoms with Gasteiger partial charge in [-0.1, -0.05) is 58.0 Å². The first-order chi connectivity index (χ1) is 15.4. The quantitative estimate of drug-likeness (QED) is 0.349. The van der Waals surface area contributed by atoms with Crippen molar-refractivity contribution in [2.45, 2.75) is 23.6 Å². The maximum absolute atomic E-state index is 12.6. The molecule has 0 amide bonds. The minimum Gasteiger partial charge on any atom is -0.491 e. The molecular weight excluding hydrogens is 496 g/mol. The summed E-state index contributed by atoms with van der Waals surface area (Å²) in [5.41, 5.74) is 0.498. The SMILES string of the molecule is Cn1c(=O)[nH]c(=O)c2c1nc(SCc1cccc(Br)c1)n2C[C@H](O)COc1ccccc1. The van der Waals surface area contributed by atoms with Gasteiger partial charge in [0.25, 0.3) is 5.56 Å². The number of nitrogens with zero attached hydrogens (tertiary/aromatic N) is 3. The third-order valence-electron chi connectivity index (χ3n) is 4.81. The highest BCUT2D eigenvalue weighted by Gasteiger charge is 2.20. The molecule has 0 aliphatic carbocycles. The zero-order valence-electron chi connectivity index (χ0n) is 17.2. The molecule has 2 aromatic heterocycles. The lowest BCUT2D eigenvalue weighted by Gasteiger charge is -2.15. The van der Waals surface area contributed by atoms with Gasteiger partial charge in [0.15, 0.2) is 16.3 Å². The van der Waals surface area contributed by atoms with Crippen LogP contribution in [0.1, 0.15) is 5.56 Å². The van der Waals surface area contributed by atoms with Crippen LogP contribution in [0.5, 0.6) is 5.75 Å². The number of para-hydroxylation sites is 1. The summed E-state index contributed by atoms with van der Waals surface area (Å²) in [6.07, 6.45) is -0.894. The Morgan fingerprint density at radius 2 is 1.97 bits per heavy atom. The van der Waals surface area contributed by atoms with Crippen LogP contribution < -0.4 is 16.0 Å². The lowest BCUT2D eigenvalue weighted by atomic mass is 10.2. The summed E-state index contributed by atoms with van der Waals surface area (Å²) in [5, 5.41) is 11.2. The molecule has 0 bridgehead atoms. The molecule has 0 saturated heterocycles. The first-order valence-electron chi connectivity index (χ1n) is 9.85. The number of benzene rings is 2. The average molecular weight is 517 g/mol. The van der Waals surface area contributed by atoms with Gasteiger partial charge in [-0.05, 0) is 29.8 Å². The Labute approximate surface area is 196 Å². The van der Waals surface area contributed by atoms with Crippen molar-refractivity contribution in [3.63, 3.8) is 0 Å². The maximum atomic E-state index is 12.6. The van der Waals surface area contributed by atoms with Crippen LogP contribution in [-0.2, 0) is 19.3 Å². The van der Waals surface area contributed by atoms with Crippen molar-refractivity contribution >= 4 is 38.9 Å². The first kappa shape index (κ1) is 22.4. The molecule has 4 aromatic rings. The van der Waals surface area contributed by atoms with E-state index in [0.29, 0.717) is 16.7 Å². The molecule has 0 fully saturated rings. The minimum absolute atomic E-state index is 0.0447. The molecule has 2 N–H and O–H groups in total. The fraction of sp³-hybridized carbons (Fsp3) is 0.227. The highest BCUT2D eigenvalue weighted by atomic mass is 79.9. The Morgan fingerprint density at radius 1 is 1.19 bits per heavy atom. The summed E-state index contributed by atoms with van der Waals surface area (Å²) in [5.74, 6) is 1.25. The van der Waals surface area contributed by atoms with Gasteiger partial charge < -0.3 is 14.4 Å². The van der Waals surface area contributed by atoms with Gasteiger partial charge in [0.2, 0.25) is 0 Å². The molecule has 0 saturated carbocycles. The molecule has 8 nitrogen and oxygen atoms in total. The van der Waals surface area contributed by atoms with E-state index in [0.717, 1.165) is 10.0 Å². The van der Waals surface area contributed by atoms with E-state index in [4.69, 9.17) is 4.74 Å². The number of aliphatic hydroxyl groups is 1. The summed E-state index contributed by atoms with van der Waals surface area (Å²) in [6, 6.07) is 17.1. The number of ether oxygens (including phenoxy) is 1.